The van der Waals surface area contributed by atoms with Crippen molar-refractivity contribution < 1.29 is 4.79 Å². The lowest BCUT2D eigenvalue weighted by atomic mass is 10.1. The minimum absolute atomic E-state index is 0.174. The molecule has 1 aromatic heterocycles. The van der Waals surface area contributed by atoms with Crippen molar-refractivity contribution in [3.8, 4) is 11.4 Å². The van der Waals surface area contributed by atoms with Gasteiger partial charge in [0.05, 0.1) is 22.7 Å². The van der Waals surface area contributed by atoms with E-state index in [1.807, 2.05) is 37.3 Å². The minimum atomic E-state index is -0.174. The van der Waals surface area contributed by atoms with Crippen LogP contribution in [0.3, 0.4) is 0 Å². The maximum atomic E-state index is 12.5. The Morgan fingerprint density at radius 2 is 1.74 bits per heavy atom. The van der Waals surface area contributed by atoms with Crippen molar-refractivity contribution in [2.75, 3.05) is 5.01 Å². The Bertz CT molecular complexity index is 1050. The van der Waals surface area contributed by atoms with Crippen LogP contribution in [0.15, 0.2) is 53.6 Å². The number of nitrogens with zero attached hydrogens (tertiary/aromatic N) is 4. The van der Waals surface area contributed by atoms with Gasteiger partial charge in [-0.2, -0.15) is 10.1 Å². The van der Waals surface area contributed by atoms with E-state index in [0.717, 1.165) is 16.8 Å². The van der Waals surface area contributed by atoms with Gasteiger partial charge in [0.2, 0.25) is 0 Å². The molecule has 2 heterocycles. The number of carbonyl (C=O) groups excluding carboxylic acids is 1. The van der Waals surface area contributed by atoms with Gasteiger partial charge >= 0.3 is 0 Å². The summed E-state index contributed by atoms with van der Waals surface area (Å²) in [6.07, 6.45) is 1.70. The molecule has 0 fully saturated rings. The molecule has 0 saturated carbocycles. The molecule has 0 spiro atoms. The fourth-order valence-electron chi connectivity index (χ4n) is 2.89. The molecule has 5 nitrogen and oxygen atoms in total. The maximum absolute atomic E-state index is 12.5. The van der Waals surface area contributed by atoms with Crippen molar-refractivity contribution in [2.45, 2.75) is 13.3 Å². The van der Waals surface area contributed by atoms with Crippen LogP contribution in [0.1, 0.15) is 16.8 Å². The number of rotatable bonds is 3. The quantitative estimate of drug-likeness (QED) is 0.603. The van der Waals surface area contributed by atoms with Crippen LogP contribution in [0.25, 0.3) is 11.4 Å². The first-order valence-electron chi connectivity index (χ1n) is 8.28. The number of benzene rings is 2. The molecule has 2 aromatic carbocycles. The van der Waals surface area contributed by atoms with Crippen LogP contribution in [0.5, 0.6) is 0 Å². The number of anilines is 1. The van der Waals surface area contributed by atoms with Crippen LogP contribution in [0.2, 0.25) is 10.0 Å². The second-order valence-electron chi connectivity index (χ2n) is 6.06. The molecule has 0 atom stereocenters. The van der Waals surface area contributed by atoms with Crippen LogP contribution in [0, 0.1) is 6.92 Å². The lowest BCUT2D eigenvalue weighted by Gasteiger charge is -2.12. The first-order chi connectivity index (χ1) is 13.0. The molecule has 1 aliphatic heterocycles. The Labute approximate surface area is 166 Å². The van der Waals surface area contributed by atoms with Gasteiger partial charge < -0.3 is 0 Å². The summed E-state index contributed by atoms with van der Waals surface area (Å²) in [5.74, 6) is 0.871. The standard InChI is InChI=1S/C20H14Cl2N4O/c1-12-14-10-18(27)26(23-11-15-16(21)8-5-9-17(15)22)20(14)25-19(24-12)13-6-3-2-4-7-13/h2-9,11H,10H2,1H3/b23-11+. The Hall–Kier alpha value is -2.76. The van der Waals surface area contributed by atoms with E-state index in [9.17, 15) is 4.79 Å². The molecule has 1 amide bonds. The molecule has 1 aliphatic rings. The fraction of sp³-hybridized carbons (Fsp3) is 0.100. The Kier molecular flexibility index (Phi) is 4.64. The summed E-state index contributed by atoms with van der Waals surface area (Å²) >= 11 is 12.4. The van der Waals surface area contributed by atoms with Crippen LogP contribution in [-0.4, -0.2) is 22.1 Å². The molecule has 0 saturated heterocycles. The molecule has 0 aliphatic carbocycles. The van der Waals surface area contributed by atoms with E-state index in [4.69, 9.17) is 23.2 Å². The van der Waals surface area contributed by atoms with Crippen molar-refractivity contribution in [3.63, 3.8) is 0 Å². The predicted molar refractivity (Wildman–Crippen MR) is 107 cm³/mol. The maximum Gasteiger partial charge on any atom is 0.253 e. The fourth-order valence-corrected chi connectivity index (χ4v) is 3.39. The van der Waals surface area contributed by atoms with Gasteiger partial charge in [-0.05, 0) is 19.1 Å². The van der Waals surface area contributed by atoms with Gasteiger partial charge in [0.1, 0.15) is 0 Å². The lowest BCUT2D eigenvalue weighted by molar-refractivity contribution is -0.117. The number of halogens is 2. The van der Waals surface area contributed by atoms with Gasteiger partial charge in [-0.15, -0.1) is 0 Å². The second kappa shape index (κ2) is 7.10. The first-order valence-corrected chi connectivity index (χ1v) is 9.04. The highest BCUT2D eigenvalue weighted by molar-refractivity contribution is 6.38. The minimum Gasteiger partial charge on any atom is -0.272 e. The van der Waals surface area contributed by atoms with Crippen molar-refractivity contribution in [3.05, 3.63) is 75.4 Å². The number of hydrogen-bond donors (Lipinski definition) is 0. The molecular weight excluding hydrogens is 383 g/mol. The highest BCUT2D eigenvalue weighted by Crippen LogP contribution is 2.32. The monoisotopic (exact) mass is 396 g/mol. The van der Waals surface area contributed by atoms with Crippen LogP contribution >= 0.6 is 23.2 Å². The summed E-state index contributed by atoms with van der Waals surface area (Å²) < 4.78 is 0. The van der Waals surface area contributed by atoms with Gasteiger partial charge in [0, 0.05) is 22.4 Å². The highest BCUT2D eigenvalue weighted by Gasteiger charge is 2.31. The average Bonchev–Trinajstić information content (AvgIpc) is 2.98. The van der Waals surface area contributed by atoms with Gasteiger partial charge in [-0.25, -0.2) is 9.97 Å². The van der Waals surface area contributed by atoms with Crippen molar-refractivity contribution in [1.29, 1.82) is 0 Å². The third-order valence-corrected chi connectivity index (χ3v) is 4.95. The molecular formula is C20H14Cl2N4O. The van der Waals surface area contributed by atoms with E-state index >= 15 is 0 Å². The number of hydrogen-bond acceptors (Lipinski definition) is 4. The van der Waals surface area contributed by atoms with Gasteiger partial charge in [-0.1, -0.05) is 59.6 Å². The molecule has 7 heteroatoms. The zero-order valence-electron chi connectivity index (χ0n) is 14.4. The third-order valence-electron chi connectivity index (χ3n) is 4.29. The van der Waals surface area contributed by atoms with Crippen LogP contribution in [0.4, 0.5) is 5.82 Å². The van der Waals surface area contributed by atoms with Gasteiger partial charge in [0.25, 0.3) is 5.91 Å². The number of hydrazone groups is 1. The van der Waals surface area contributed by atoms with E-state index in [0.29, 0.717) is 27.3 Å². The molecule has 0 bridgehead atoms. The molecule has 134 valence electrons. The lowest BCUT2D eigenvalue weighted by Crippen LogP contribution is -2.21. The van der Waals surface area contributed by atoms with Crippen molar-refractivity contribution in [2.24, 2.45) is 5.10 Å². The zero-order chi connectivity index (χ0) is 19.0. The Balaban J connectivity index is 1.76. The molecule has 27 heavy (non-hydrogen) atoms. The van der Waals surface area contributed by atoms with E-state index in [1.165, 1.54) is 11.2 Å². The highest BCUT2D eigenvalue weighted by atomic mass is 35.5. The van der Waals surface area contributed by atoms with Crippen LogP contribution in [-0.2, 0) is 11.2 Å². The third kappa shape index (κ3) is 3.31. The molecule has 0 unspecified atom stereocenters. The summed E-state index contributed by atoms with van der Waals surface area (Å²) in [4.78, 5) is 21.6. The van der Waals surface area contributed by atoms with Crippen molar-refractivity contribution in [1.82, 2.24) is 9.97 Å². The largest absolute Gasteiger partial charge is 0.272 e. The van der Waals surface area contributed by atoms with E-state index < -0.39 is 0 Å². The average molecular weight is 397 g/mol. The number of aryl methyl sites for hydroxylation is 1. The predicted octanol–water partition coefficient (Wildman–Crippen LogP) is 4.68. The molecule has 0 N–H and O–H groups in total. The summed E-state index contributed by atoms with van der Waals surface area (Å²) in [5.41, 5.74) is 2.97. The SMILES string of the molecule is Cc1nc(-c2ccccc2)nc2c1CC(=O)N2/N=C/c1c(Cl)cccc1Cl. The molecule has 0 radical (unpaired) electrons. The Morgan fingerprint density at radius 1 is 1.04 bits per heavy atom. The number of fused-ring (bicyclic) bond motifs is 1. The number of carbonyl (C=O) groups is 1. The number of aromatic nitrogens is 2. The zero-order valence-corrected chi connectivity index (χ0v) is 15.9. The van der Waals surface area contributed by atoms with Gasteiger partial charge in [-0.3, -0.25) is 4.79 Å². The van der Waals surface area contributed by atoms with E-state index in [-0.39, 0.29) is 12.3 Å². The normalized spacial score (nSPS) is 13.4. The van der Waals surface area contributed by atoms with E-state index in [2.05, 4.69) is 15.1 Å². The summed E-state index contributed by atoms with van der Waals surface area (Å²) in [7, 11) is 0. The van der Waals surface area contributed by atoms with Crippen LogP contribution < -0.4 is 5.01 Å². The summed E-state index contributed by atoms with van der Waals surface area (Å²) in [6.45, 7) is 1.87. The van der Waals surface area contributed by atoms with Crippen molar-refractivity contribution >= 4 is 41.1 Å². The molecule has 4 rings (SSSR count). The number of amides is 1. The molecule has 3 aromatic rings. The topological polar surface area (TPSA) is 58.5 Å². The smallest absolute Gasteiger partial charge is 0.253 e. The first kappa shape index (κ1) is 17.6. The summed E-state index contributed by atoms with van der Waals surface area (Å²) in [6, 6.07) is 14.8. The van der Waals surface area contributed by atoms with Gasteiger partial charge in [0.15, 0.2) is 11.6 Å². The summed E-state index contributed by atoms with van der Waals surface area (Å²) in [5, 5.41) is 6.52. The van der Waals surface area contributed by atoms with E-state index in [1.54, 1.807) is 18.2 Å². The second-order valence-corrected chi connectivity index (χ2v) is 6.88. The Morgan fingerprint density at radius 3 is 2.44 bits per heavy atom.